The summed E-state index contributed by atoms with van der Waals surface area (Å²) in [6.45, 7) is -0.480. The van der Waals surface area contributed by atoms with Crippen LogP contribution in [0.2, 0.25) is 0 Å². The quantitative estimate of drug-likeness (QED) is 0.137. The number of carboxylic acids is 1. The minimum absolute atomic E-state index is 0. The number of hydrogen-bond donors (Lipinski definition) is 5. The summed E-state index contributed by atoms with van der Waals surface area (Å²) >= 11 is 1.76. The molecule has 141 valence electrons. The van der Waals surface area contributed by atoms with Crippen LogP contribution in [0.1, 0.15) is 17.3 Å². The zero-order valence-electron chi connectivity index (χ0n) is 13.6. The van der Waals surface area contributed by atoms with E-state index in [0.29, 0.717) is 11.4 Å². The van der Waals surface area contributed by atoms with E-state index in [1.54, 1.807) is 30.8 Å². The smallest absolute Gasteiger partial charge is 0.317 e. The number of pyridine rings is 1. The number of aliphatic hydroxyl groups is 3. The van der Waals surface area contributed by atoms with Gasteiger partial charge in [-0.2, -0.15) is 9.90 Å². The predicted octanol–water partition coefficient (Wildman–Crippen LogP) is -1.40. The standard InChI is InChI=1S/C7H6N3O.C6H13NO5.H3P.Tc/c1-5(11)6-2-3-7(10-8)9-4-6;8-2-6(3-9,4-10)7-1-5(11)12;;/h2-4H,1H3;7-10H,1-4H2,(H,11,12);1H3;/q-1;;;+2. The number of aliphatic hydroxyl groups excluding tert-OH is 3. The van der Waals surface area contributed by atoms with E-state index >= 15 is 0 Å². The molecule has 1 atom stereocenters. The number of carbonyl (C=O) groups is 2. The first-order valence-electron chi connectivity index (χ1n) is 6.62. The number of nitrogens with zero attached hydrogens (tertiary/aromatic N) is 3. The average Bonchev–Trinajstić information content (AvgIpc) is 2.58. The minimum atomic E-state index is -1.31. The van der Waals surface area contributed by atoms with E-state index < -0.39 is 37.9 Å². The first-order valence-corrected chi connectivity index (χ1v) is 7.45. The normalized spacial score (nSPS) is 9.76. The van der Waals surface area contributed by atoms with E-state index in [1.165, 1.54) is 13.1 Å². The van der Waals surface area contributed by atoms with Crippen LogP contribution in [-0.2, 0) is 23.5 Å². The SMILES string of the molecule is CC(=O)c1ccc(N=[N+]=[Tc])nc1.O=C(O)CNC(CO)(CO)CO.P. The van der Waals surface area contributed by atoms with E-state index in [2.05, 4.69) is 18.8 Å². The Kier molecular flexibility index (Phi) is 14.5. The van der Waals surface area contributed by atoms with Crippen molar-refractivity contribution in [3.05, 3.63) is 23.9 Å². The van der Waals surface area contributed by atoms with Crippen molar-refractivity contribution in [1.82, 2.24) is 13.7 Å². The van der Waals surface area contributed by atoms with Crippen molar-refractivity contribution in [2.45, 2.75) is 12.5 Å². The largest absolute Gasteiger partial charge is 0.480 e. The van der Waals surface area contributed by atoms with Crippen LogP contribution in [-0.4, -0.2) is 69.1 Å². The Morgan fingerprint density at radius 2 is 1.84 bits per heavy atom. The Bertz CT molecular complexity index is 561. The fourth-order valence-electron chi connectivity index (χ4n) is 1.27. The monoisotopic (exact) mass is 458 g/mol. The molecule has 0 aromatic carbocycles. The van der Waals surface area contributed by atoms with Crippen LogP contribution >= 0.6 is 9.90 Å². The van der Waals surface area contributed by atoms with E-state index in [4.69, 9.17) is 20.4 Å². The Morgan fingerprint density at radius 3 is 2.16 bits per heavy atom. The van der Waals surface area contributed by atoms with Crippen molar-refractivity contribution in [2.24, 2.45) is 5.11 Å². The molecule has 10 nitrogen and oxygen atoms in total. The van der Waals surface area contributed by atoms with Gasteiger partial charge < -0.3 is 20.4 Å². The Balaban J connectivity index is 0. The topological polar surface area (TPSA) is 166 Å². The fourth-order valence-corrected chi connectivity index (χ4v) is 1.46. The Morgan fingerprint density at radius 1 is 1.28 bits per heavy atom. The first kappa shape index (κ1) is 26.0. The Hall–Kier alpha value is -1.28. The molecule has 1 heterocycles. The number of ketones is 1. The number of carboxylic acid groups (broad SMARTS) is 1. The van der Waals surface area contributed by atoms with Gasteiger partial charge in [-0.1, -0.05) is 0 Å². The van der Waals surface area contributed by atoms with E-state index in [0.717, 1.165) is 0 Å². The third-order valence-electron chi connectivity index (χ3n) is 2.82. The maximum absolute atomic E-state index is 10.8. The average molecular weight is 459 g/mol. The molecule has 0 aliphatic rings. The maximum atomic E-state index is 10.8. The number of carbonyl (C=O) groups excluding carboxylic acids is 1. The van der Waals surface area contributed by atoms with Gasteiger partial charge in [-0.25, -0.2) is 0 Å². The second kappa shape index (κ2) is 13.9. The van der Waals surface area contributed by atoms with Gasteiger partial charge in [-0.15, -0.1) is 0 Å². The van der Waals surface area contributed by atoms with Gasteiger partial charge in [0.05, 0.1) is 31.9 Å². The van der Waals surface area contributed by atoms with Crippen LogP contribution in [0.25, 0.3) is 0 Å². The number of aromatic nitrogens is 1. The van der Waals surface area contributed by atoms with Crippen LogP contribution in [0.4, 0.5) is 5.82 Å². The molecule has 0 spiro atoms. The molecule has 12 heteroatoms. The molecule has 1 rings (SSSR count). The summed E-state index contributed by atoms with van der Waals surface area (Å²) in [4.78, 5) is 24.8. The summed E-state index contributed by atoms with van der Waals surface area (Å²) in [5.74, 6) is -0.607. The van der Waals surface area contributed by atoms with Crippen LogP contribution in [0, 0.1) is 0 Å². The molecule has 1 aromatic rings. The van der Waals surface area contributed by atoms with E-state index in [-0.39, 0.29) is 15.7 Å². The van der Waals surface area contributed by atoms with Gasteiger partial charge in [0, 0.05) is 0 Å². The molecule has 0 amide bonds. The molecular formula is C13H22N4O6PTc+. The minimum Gasteiger partial charge on any atom is -0.480 e. The third kappa shape index (κ3) is 10.3. The van der Waals surface area contributed by atoms with Gasteiger partial charge in [-0.05, 0) is 0 Å². The molecular weight excluding hydrogens is 437 g/mol. The zero-order chi connectivity index (χ0) is 18.6. The first-order chi connectivity index (χ1) is 11.3. The van der Waals surface area contributed by atoms with E-state index in [1.807, 2.05) is 0 Å². The van der Waals surface area contributed by atoms with E-state index in [9.17, 15) is 9.59 Å². The van der Waals surface area contributed by atoms with Gasteiger partial charge in [0.1, 0.15) is 0 Å². The van der Waals surface area contributed by atoms with Crippen molar-refractivity contribution in [3.63, 3.8) is 0 Å². The van der Waals surface area contributed by atoms with Crippen molar-refractivity contribution in [1.29, 1.82) is 0 Å². The summed E-state index contributed by atoms with van der Waals surface area (Å²) in [6, 6.07) is 3.33. The van der Waals surface area contributed by atoms with Crippen molar-refractivity contribution < 1.29 is 48.7 Å². The third-order valence-corrected chi connectivity index (χ3v) is 3.00. The summed E-state index contributed by atoms with van der Waals surface area (Å²) in [6.07, 6.45) is 1.49. The molecule has 0 bridgehead atoms. The van der Waals surface area contributed by atoms with Crippen LogP contribution < -0.4 is 8.72 Å². The summed E-state index contributed by atoms with van der Waals surface area (Å²) < 4.78 is 3.53. The molecule has 25 heavy (non-hydrogen) atoms. The summed E-state index contributed by atoms with van der Waals surface area (Å²) in [5.41, 5.74) is -0.722. The number of rotatable bonds is 8. The number of aliphatic carboxylic acids is 1. The summed E-state index contributed by atoms with van der Waals surface area (Å²) in [5, 5.41) is 40.4. The molecule has 1 unspecified atom stereocenters. The summed E-state index contributed by atoms with van der Waals surface area (Å²) in [7, 11) is 0. The van der Waals surface area contributed by atoms with Crippen LogP contribution in [0.5, 0.6) is 0 Å². The van der Waals surface area contributed by atoms with Gasteiger partial charge >= 0.3 is 85.4 Å². The molecule has 1 aromatic heterocycles. The second-order valence-electron chi connectivity index (χ2n) is 4.64. The number of Topliss-reactive ketones (excluding diaryl/α,β-unsaturated/α-hetero) is 1. The van der Waals surface area contributed by atoms with Crippen molar-refractivity contribution in [2.75, 3.05) is 26.4 Å². The molecule has 0 saturated carbocycles. The molecule has 0 saturated heterocycles. The number of nitrogens with one attached hydrogen (secondary N) is 1. The fraction of sp³-hybridized carbons (Fsp3) is 0.462. The molecule has 0 fully saturated rings. The van der Waals surface area contributed by atoms with Gasteiger partial charge in [0.15, 0.2) is 0 Å². The van der Waals surface area contributed by atoms with Crippen molar-refractivity contribution >= 4 is 27.5 Å². The van der Waals surface area contributed by atoms with Gasteiger partial charge in [0.25, 0.3) is 0 Å². The molecule has 0 aliphatic heterocycles. The van der Waals surface area contributed by atoms with Crippen LogP contribution in [0.3, 0.4) is 0 Å². The van der Waals surface area contributed by atoms with Gasteiger partial charge in [0.2, 0.25) is 0 Å². The Labute approximate surface area is 158 Å². The van der Waals surface area contributed by atoms with Crippen LogP contribution in [0.15, 0.2) is 23.4 Å². The predicted molar refractivity (Wildman–Crippen MR) is 89.2 cm³/mol. The van der Waals surface area contributed by atoms with Gasteiger partial charge in [-0.3, -0.25) is 10.1 Å². The number of hydrogen-bond acceptors (Lipinski definition) is 8. The van der Waals surface area contributed by atoms with Crippen molar-refractivity contribution in [3.8, 4) is 0 Å². The maximum Gasteiger partial charge on any atom is 0.317 e. The zero-order valence-corrected chi connectivity index (χ0v) is 16.9. The molecule has 0 aliphatic carbocycles. The molecule has 5 N–H and O–H groups in total. The second-order valence-corrected chi connectivity index (χ2v) is 5.01. The molecule has 0 radical (unpaired) electrons.